The maximum absolute atomic E-state index is 14.0. The fraction of sp³-hybridized carbons (Fsp3) is 0.333. The van der Waals surface area contributed by atoms with Crippen LogP contribution in [0, 0.1) is 17.7 Å². The highest BCUT2D eigenvalue weighted by Gasteiger charge is 2.22. The smallest absolute Gasteiger partial charge is 0.256 e. The third kappa shape index (κ3) is 3.80. The topological polar surface area (TPSA) is 75.4 Å². The van der Waals surface area contributed by atoms with Gasteiger partial charge in [-0.2, -0.15) is 0 Å². The molecular formula is C15H16FN3O2. The number of carbonyl (C=O) groups is 2. The van der Waals surface area contributed by atoms with Crippen molar-refractivity contribution in [1.29, 1.82) is 0 Å². The van der Waals surface area contributed by atoms with E-state index in [9.17, 15) is 14.0 Å². The number of hydrogen-bond donors (Lipinski definition) is 2. The molecule has 5 nitrogen and oxygen atoms in total. The molecule has 2 amide bonds. The molecule has 1 heterocycles. The minimum atomic E-state index is -0.618. The van der Waals surface area contributed by atoms with Gasteiger partial charge in [-0.25, -0.2) is 4.39 Å². The van der Waals surface area contributed by atoms with Crippen molar-refractivity contribution in [3.8, 4) is 11.8 Å². The molecule has 0 unspecified atom stereocenters. The summed E-state index contributed by atoms with van der Waals surface area (Å²) >= 11 is 0. The largest absolute Gasteiger partial charge is 0.354 e. The maximum atomic E-state index is 14.0. The summed E-state index contributed by atoms with van der Waals surface area (Å²) in [5.74, 6) is 4.21. The van der Waals surface area contributed by atoms with Crippen molar-refractivity contribution in [2.24, 2.45) is 5.73 Å². The van der Waals surface area contributed by atoms with Crippen molar-refractivity contribution < 1.29 is 14.0 Å². The van der Waals surface area contributed by atoms with E-state index in [0.717, 1.165) is 0 Å². The number of rotatable bonds is 1. The molecular weight excluding hydrogens is 273 g/mol. The summed E-state index contributed by atoms with van der Waals surface area (Å²) in [5.41, 5.74) is 5.72. The van der Waals surface area contributed by atoms with Crippen molar-refractivity contribution >= 4 is 11.8 Å². The van der Waals surface area contributed by atoms with Crippen molar-refractivity contribution in [1.82, 2.24) is 10.2 Å². The van der Waals surface area contributed by atoms with Gasteiger partial charge in [0.2, 0.25) is 5.91 Å². The minimum absolute atomic E-state index is 0.0114. The van der Waals surface area contributed by atoms with Gasteiger partial charge in [-0.1, -0.05) is 11.8 Å². The summed E-state index contributed by atoms with van der Waals surface area (Å²) in [6.07, 6.45) is 0.230. The zero-order valence-corrected chi connectivity index (χ0v) is 11.5. The van der Waals surface area contributed by atoms with Crippen LogP contribution in [0.1, 0.15) is 22.3 Å². The van der Waals surface area contributed by atoms with Gasteiger partial charge >= 0.3 is 0 Å². The Morgan fingerprint density at radius 2 is 2.24 bits per heavy atom. The lowest BCUT2D eigenvalue weighted by Gasteiger charge is -2.19. The normalized spacial score (nSPS) is 14.8. The lowest BCUT2D eigenvalue weighted by Crippen LogP contribution is -2.34. The second-order valence-corrected chi connectivity index (χ2v) is 4.59. The van der Waals surface area contributed by atoms with Gasteiger partial charge in [0, 0.05) is 31.6 Å². The zero-order chi connectivity index (χ0) is 15.2. The van der Waals surface area contributed by atoms with Crippen LogP contribution in [0.2, 0.25) is 0 Å². The highest BCUT2D eigenvalue weighted by atomic mass is 19.1. The lowest BCUT2D eigenvalue weighted by atomic mass is 10.1. The van der Waals surface area contributed by atoms with Crippen molar-refractivity contribution in [2.75, 3.05) is 26.2 Å². The Kier molecular flexibility index (Phi) is 4.90. The fourth-order valence-corrected chi connectivity index (χ4v) is 2.06. The van der Waals surface area contributed by atoms with E-state index < -0.39 is 11.7 Å². The number of benzene rings is 1. The van der Waals surface area contributed by atoms with Crippen molar-refractivity contribution in [3.05, 3.63) is 35.1 Å². The molecule has 0 saturated carbocycles. The van der Waals surface area contributed by atoms with Gasteiger partial charge in [-0.15, -0.1) is 0 Å². The van der Waals surface area contributed by atoms with Crippen LogP contribution in [0.5, 0.6) is 0 Å². The Morgan fingerprint density at radius 1 is 1.43 bits per heavy atom. The van der Waals surface area contributed by atoms with E-state index in [1.807, 2.05) is 0 Å². The molecule has 3 N–H and O–H groups in total. The first kappa shape index (κ1) is 15.0. The summed E-state index contributed by atoms with van der Waals surface area (Å²) in [4.78, 5) is 25.0. The van der Waals surface area contributed by atoms with Crippen LogP contribution in [0.25, 0.3) is 0 Å². The summed E-state index contributed by atoms with van der Waals surface area (Å²) in [5, 5.41) is 2.67. The third-order valence-electron chi connectivity index (χ3n) is 3.13. The van der Waals surface area contributed by atoms with Crippen LogP contribution in [0.3, 0.4) is 0 Å². The first-order valence-electron chi connectivity index (χ1n) is 6.66. The number of nitrogens with two attached hydrogens (primary N) is 1. The fourth-order valence-electron chi connectivity index (χ4n) is 2.06. The second kappa shape index (κ2) is 6.86. The van der Waals surface area contributed by atoms with Gasteiger partial charge in [0.25, 0.3) is 5.91 Å². The summed E-state index contributed by atoms with van der Waals surface area (Å²) in [6.45, 7) is 1.24. The molecule has 1 aliphatic heterocycles. The van der Waals surface area contributed by atoms with Crippen LogP contribution in [0.4, 0.5) is 4.39 Å². The first-order valence-corrected chi connectivity index (χ1v) is 6.66. The molecule has 0 radical (unpaired) electrons. The number of carbonyl (C=O) groups excluding carboxylic acids is 2. The summed E-state index contributed by atoms with van der Waals surface area (Å²) in [7, 11) is 0. The van der Waals surface area contributed by atoms with Gasteiger partial charge in [0.1, 0.15) is 5.82 Å². The SMILES string of the molecule is NCC#Cc1ccc(C(=O)N2CCNC(=O)CC2)c(F)c1. The Hall–Kier alpha value is -2.39. The molecule has 110 valence electrons. The maximum Gasteiger partial charge on any atom is 0.256 e. The van der Waals surface area contributed by atoms with Crippen molar-refractivity contribution in [3.63, 3.8) is 0 Å². The molecule has 1 aromatic rings. The zero-order valence-electron chi connectivity index (χ0n) is 11.5. The van der Waals surface area contributed by atoms with E-state index in [1.54, 1.807) is 6.07 Å². The van der Waals surface area contributed by atoms with E-state index in [4.69, 9.17) is 5.73 Å². The highest BCUT2D eigenvalue weighted by Crippen LogP contribution is 2.13. The molecule has 21 heavy (non-hydrogen) atoms. The number of hydrogen-bond acceptors (Lipinski definition) is 3. The molecule has 1 aromatic carbocycles. The van der Waals surface area contributed by atoms with E-state index in [1.165, 1.54) is 17.0 Å². The monoisotopic (exact) mass is 289 g/mol. The molecule has 0 atom stereocenters. The Morgan fingerprint density at radius 3 is 2.95 bits per heavy atom. The molecule has 1 aliphatic rings. The molecule has 1 saturated heterocycles. The quantitative estimate of drug-likeness (QED) is 0.720. The predicted molar refractivity (Wildman–Crippen MR) is 75.9 cm³/mol. The van der Waals surface area contributed by atoms with E-state index in [-0.39, 0.29) is 24.4 Å². The van der Waals surface area contributed by atoms with Gasteiger partial charge in [0.15, 0.2) is 0 Å². The standard InChI is InChI=1S/C15H16FN3O2/c16-13-10-11(2-1-6-17)3-4-12(13)15(21)19-8-5-14(20)18-7-9-19/h3-4,10H,5-9,17H2,(H,18,20). The number of amides is 2. The molecule has 1 fully saturated rings. The highest BCUT2D eigenvalue weighted by molar-refractivity contribution is 5.95. The average molecular weight is 289 g/mol. The molecule has 0 bridgehead atoms. The lowest BCUT2D eigenvalue weighted by molar-refractivity contribution is -0.120. The van der Waals surface area contributed by atoms with Crippen LogP contribution in [0.15, 0.2) is 18.2 Å². The minimum Gasteiger partial charge on any atom is -0.354 e. The Bertz CT molecular complexity index is 619. The molecule has 0 aliphatic carbocycles. The van der Waals surface area contributed by atoms with Crippen LogP contribution in [-0.2, 0) is 4.79 Å². The number of nitrogens with zero attached hydrogens (tertiary/aromatic N) is 1. The van der Waals surface area contributed by atoms with Gasteiger partial charge < -0.3 is 16.0 Å². The van der Waals surface area contributed by atoms with Gasteiger partial charge in [-0.05, 0) is 18.2 Å². The average Bonchev–Trinajstić information content (AvgIpc) is 2.69. The van der Waals surface area contributed by atoms with E-state index in [2.05, 4.69) is 17.2 Å². The van der Waals surface area contributed by atoms with Gasteiger partial charge in [0.05, 0.1) is 12.1 Å². The summed E-state index contributed by atoms with van der Waals surface area (Å²) < 4.78 is 14.0. The molecule has 0 aromatic heterocycles. The van der Waals surface area contributed by atoms with Crippen LogP contribution >= 0.6 is 0 Å². The molecule has 0 spiro atoms. The van der Waals surface area contributed by atoms with Crippen molar-refractivity contribution in [2.45, 2.75) is 6.42 Å². The summed E-state index contributed by atoms with van der Waals surface area (Å²) in [6, 6.07) is 4.22. The number of halogens is 1. The molecule has 6 heteroatoms. The van der Waals surface area contributed by atoms with Gasteiger partial charge in [-0.3, -0.25) is 9.59 Å². The first-order chi connectivity index (χ1) is 10.1. The molecule has 2 rings (SSSR count). The van der Waals surface area contributed by atoms with Crippen LogP contribution < -0.4 is 11.1 Å². The van der Waals surface area contributed by atoms with E-state index in [0.29, 0.717) is 25.2 Å². The second-order valence-electron chi connectivity index (χ2n) is 4.59. The third-order valence-corrected chi connectivity index (χ3v) is 3.13. The Labute approximate surface area is 122 Å². The van der Waals surface area contributed by atoms with E-state index >= 15 is 0 Å². The Balaban J connectivity index is 2.17. The van der Waals surface area contributed by atoms with Crippen LogP contribution in [-0.4, -0.2) is 42.9 Å². The predicted octanol–water partition coefficient (Wildman–Crippen LogP) is 0.0980. The number of nitrogens with one attached hydrogen (secondary N) is 1.